The molecule has 0 radical (unpaired) electrons. The average Bonchev–Trinajstić information content (AvgIpc) is 3.14. The van der Waals surface area contributed by atoms with Gasteiger partial charge in [0.1, 0.15) is 18.0 Å². The summed E-state index contributed by atoms with van der Waals surface area (Å²) in [7, 11) is 1.68. The topological polar surface area (TPSA) is 88.1 Å². The Balaban J connectivity index is 2.25. The molecular weight excluding hydrogens is 218 g/mol. The highest BCUT2D eigenvalue weighted by Crippen LogP contribution is 2.31. The fraction of sp³-hybridized carbons (Fsp3) is 0.545. The quantitative estimate of drug-likeness (QED) is 0.549. The molecule has 1 aromatic rings. The Morgan fingerprint density at radius 1 is 1.65 bits per heavy atom. The van der Waals surface area contributed by atoms with E-state index in [1.807, 2.05) is 0 Å². The summed E-state index contributed by atoms with van der Waals surface area (Å²) in [5, 5.41) is 7.55. The molecule has 0 bridgehead atoms. The zero-order valence-corrected chi connectivity index (χ0v) is 9.89. The molecule has 3 N–H and O–H groups in total. The maximum absolute atomic E-state index is 7.55. The molecule has 1 aliphatic rings. The Morgan fingerprint density at radius 2 is 2.41 bits per heavy atom. The van der Waals surface area contributed by atoms with Gasteiger partial charge in [0.15, 0.2) is 0 Å². The summed E-state index contributed by atoms with van der Waals surface area (Å²) in [5.41, 5.74) is 6.14. The van der Waals surface area contributed by atoms with Gasteiger partial charge in [-0.15, -0.1) is 0 Å². The number of methoxy groups -OCH3 is 1. The normalized spacial score (nSPS) is 14.6. The molecule has 1 aliphatic carbocycles. The van der Waals surface area contributed by atoms with Gasteiger partial charge in [-0.05, 0) is 12.8 Å². The monoisotopic (exact) mass is 235 g/mol. The fourth-order valence-corrected chi connectivity index (χ4v) is 1.78. The molecule has 92 valence electrons. The molecule has 1 aromatic heterocycles. The predicted molar refractivity (Wildman–Crippen MR) is 65.3 cm³/mol. The molecule has 0 saturated heterocycles. The first-order valence-electron chi connectivity index (χ1n) is 5.64. The van der Waals surface area contributed by atoms with Crippen LogP contribution in [0.25, 0.3) is 0 Å². The summed E-state index contributed by atoms with van der Waals surface area (Å²) in [5.74, 6) is 0.746. The van der Waals surface area contributed by atoms with E-state index in [4.69, 9.17) is 15.9 Å². The molecule has 6 nitrogen and oxygen atoms in total. The standard InChI is InChI=1S/C11H17N5O/c1-17-5-4-16(8-2-3-8)11-9(10(12)13)6-14-7-15-11/h6-8H,2-5H2,1H3,(H3,12,13). The average molecular weight is 235 g/mol. The van der Waals surface area contributed by atoms with Crippen molar-refractivity contribution in [1.82, 2.24) is 9.97 Å². The summed E-state index contributed by atoms with van der Waals surface area (Å²) in [6, 6.07) is 0.498. The van der Waals surface area contributed by atoms with Crippen molar-refractivity contribution in [3.8, 4) is 0 Å². The highest BCUT2D eigenvalue weighted by Gasteiger charge is 2.31. The highest BCUT2D eigenvalue weighted by atomic mass is 16.5. The lowest BCUT2D eigenvalue weighted by Crippen LogP contribution is -2.32. The minimum Gasteiger partial charge on any atom is -0.384 e. The number of amidine groups is 1. The van der Waals surface area contributed by atoms with E-state index in [-0.39, 0.29) is 5.84 Å². The first-order chi connectivity index (χ1) is 8.24. The van der Waals surface area contributed by atoms with Crippen LogP contribution in [0.5, 0.6) is 0 Å². The Kier molecular flexibility index (Phi) is 3.53. The molecule has 0 unspecified atom stereocenters. The van der Waals surface area contributed by atoms with Crippen molar-refractivity contribution in [2.45, 2.75) is 18.9 Å². The Morgan fingerprint density at radius 3 is 3.00 bits per heavy atom. The van der Waals surface area contributed by atoms with E-state index in [0.717, 1.165) is 25.2 Å². The number of nitrogens with zero attached hydrogens (tertiary/aromatic N) is 3. The van der Waals surface area contributed by atoms with Crippen LogP contribution in [0.15, 0.2) is 12.5 Å². The minimum atomic E-state index is 0.00340. The van der Waals surface area contributed by atoms with Gasteiger partial charge in [-0.2, -0.15) is 0 Å². The van der Waals surface area contributed by atoms with E-state index in [2.05, 4.69) is 14.9 Å². The van der Waals surface area contributed by atoms with E-state index >= 15 is 0 Å². The zero-order chi connectivity index (χ0) is 12.3. The molecule has 0 aliphatic heterocycles. The van der Waals surface area contributed by atoms with Crippen molar-refractivity contribution in [1.29, 1.82) is 5.41 Å². The molecule has 0 amide bonds. The van der Waals surface area contributed by atoms with Crippen LogP contribution >= 0.6 is 0 Å². The number of anilines is 1. The molecule has 0 spiro atoms. The Hall–Kier alpha value is -1.69. The van der Waals surface area contributed by atoms with Crippen molar-refractivity contribution >= 4 is 11.7 Å². The van der Waals surface area contributed by atoms with Gasteiger partial charge in [0.25, 0.3) is 0 Å². The number of hydrogen-bond acceptors (Lipinski definition) is 5. The van der Waals surface area contributed by atoms with Crippen molar-refractivity contribution < 1.29 is 4.74 Å². The van der Waals surface area contributed by atoms with E-state index in [1.54, 1.807) is 13.3 Å². The number of rotatable bonds is 6. The molecule has 2 rings (SSSR count). The number of nitrogens with two attached hydrogens (primary N) is 1. The summed E-state index contributed by atoms with van der Waals surface area (Å²) in [4.78, 5) is 10.3. The first-order valence-corrected chi connectivity index (χ1v) is 5.64. The first kappa shape index (κ1) is 11.8. The van der Waals surface area contributed by atoms with Crippen LogP contribution in [0.1, 0.15) is 18.4 Å². The third-order valence-electron chi connectivity index (χ3n) is 2.78. The number of nitrogen functional groups attached to an aromatic ring is 1. The third-order valence-corrected chi connectivity index (χ3v) is 2.78. The van der Waals surface area contributed by atoms with Crippen LogP contribution in [0.3, 0.4) is 0 Å². The number of aromatic nitrogens is 2. The molecule has 1 saturated carbocycles. The highest BCUT2D eigenvalue weighted by molar-refractivity contribution is 5.99. The molecule has 1 fully saturated rings. The lowest BCUT2D eigenvalue weighted by atomic mass is 10.2. The molecular formula is C11H17N5O. The smallest absolute Gasteiger partial charge is 0.143 e. The van der Waals surface area contributed by atoms with Gasteiger partial charge >= 0.3 is 0 Å². The summed E-state index contributed by atoms with van der Waals surface area (Å²) < 4.78 is 5.10. The van der Waals surface area contributed by atoms with Gasteiger partial charge in [-0.25, -0.2) is 9.97 Å². The van der Waals surface area contributed by atoms with Gasteiger partial charge < -0.3 is 15.4 Å². The maximum Gasteiger partial charge on any atom is 0.143 e. The largest absolute Gasteiger partial charge is 0.384 e. The lowest BCUT2D eigenvalue weighted by molar-refractivity contribution is 0.204. The van der Waals surface area contributed by atoms with Crippen LogP contribution in [-0.4, -0.2) is 42.1 Å². The number of ether oxygens (including phenoxy) is 1. The van der Waals surface area contributed by atoms with Gasteiger partial charge in [-0.1, -0.05) is 0 Å². The zero-order valence-electron chi connectivity index (χ0n) is 9.89. The number of nitrogens with one attached hydrogen (secondary N) is 1. The summed E-state index contributed by atoms with van der Waals surface area (Å²) in [6.45, 7) is 1.40. The van der Waals surface area contributed by atoms with Crippen molar-refractivity contribution in [3.05, 3.63) is 18.1 Å². The fourth-order valence-electron chi connectivity index (χ4n) is 1.78. The minimum absolute atomic E-state index is 0.00340. The van der Waals surface area contributed by atoms with Gasteiger partial charge in [0.2, 0.25) is 0 Å². The van der Waals surface area contributed by atoms with E-state index in [9.17, 15) is 0 Å². The van der Waals surface area contributed by atoms with Crippen LogP contribution in [0.4, 0.5) is 5.82 Å². The van der Waals surface area contributed by atoms with Gasteiger partial charge in [-0.3, -0.25) is 5.41 Å². The lowest BCUT2D eigenvalue weighted by Gasteiger charge is -2.24. The molecule has 0 atom stereocenters. The van der Waals surface area contributed by atoms with E-state index in [1.165, 1.54) is 6.33 Å². The second kappa shape index (κ2) is 5.09. The van der Waals surface area contributed by atoms with Crippen LogP contribution in [0.2, 0.25) is 0 Å². The van der Waals surface area contributed by atoms with Crippen LogP contribution < -0.4 is 10.6 Å². The van der Waals surface area contributed by atoms with Crippen LogP contribution in [0, 0.1) is 5.41 Å². The van der Waals surface area contributed by atoms with E-state index < -0.39 is 0 Å². The summed E-state index contributed by atoms with van der Waals surface area (Å²) in [6.07, 6.45) is 5.40. The Labute approximate surface area is 100 Å². The third kappa shape index (κ3) is 2.71. The van der Waals surface area contributed by atoms with E-state index in [0.29, 0.717) is 18.2 Å². The molecule has 17 heavy (non-hydrogen) atoms. The van der Waals surface area contributed by atoms with Crippen LogP contribution in [-0.2, 0) is 4.74 Å². The second-order valence-corrected chi connectivity index (χ2v) is 4.09. The molecule has 0 aromatic carbocycles. The van der Waals surface area contributed by atoms with Crippen molar-refractivity contribution in [2.75, 3.05) is 25.2 Å². The van der Waals surface area contributed by atoms with Gasteiger partial charge in [0, 0.05) is 25.9 Å². The van der Waals surface area contributed by atoms with Gasteiger partial charge in [0.05, 0.1) is 12.2 Å². The van der Waals surface area contributed by atoms with Crippen molar-refractivity contribution in [2.24, 2.45) is 5.73 Å². The van der Waals surface area contributed by atoms with Crippen molar-refractivity contribution in [3.63, 3.8) is 0 Å². The molecule has 6 heteroatoms. The second-order valence-electron chi connectivity index (χ2n) is 4.09. The summed E-state index contributed by atoms with van der Waals surface area (Å²) >= 11 is 0. The molecule has 1 heterocycles. The maximum atomic E-state index is 7.55. The SMILES string of the molecule is COCCN(c1ncncc1C(=N)N)C1CC1. The Bertz CT molecular complexity index is 405. The number of hydrogen-bond donors (Lipinski definition) is 2. The predicted octanol–water partition coefficient (Wildman–Crippen LogP) is 0.376.